The summed E-state index contributed by atoms with van der Waals surface area (Å²) >= 11 is 12.1. The number of carbonyl (C=O) groups excluding carboxylic acids is 2. The number of rotatable bonds is 10. The number of aromatic amines is 1. The summed E-state index contributed by atoms with van der Waals surface area (Å²) in [6, 6.07) is 4.79. The number of aromatic nitrogens is 2. The van der Waals surface area contributed by atoms with Gasteiger partial charge in [-0.2, -0.15) is 0 Å². The van der Waals surface area contributed by atoms with Gasteiger partial charge in [-0.3, -0.25) is 23.9 Å². The Hall–Kier alpha value is -2.98. The number of halogens is 2. The minimum Gasteiger partial charge on any atom is -0.481 e. The second kappa shape index (κ2) is 12.1. The molecule has 1 heterocycles. The van der Waals surface area contributed by atoms with Crippen molar-refractivity contribution in [3.8, 4) is 5.75 Å². The van der Waals surface area contributed by atoms with Gasteiger partial charge in [-0.15, -0.1) is 0 Å². The summed E-state index contributed by atoms with van der Waals surface area (Å²) in [6.45, 7) is 7.18. The third-order valence-electron chi connectivity index (χ3n) is 4.94. The zero-order chi connectivity index (χ0) is 26.4. The van der Waals surface area contributed by atoms with Crippen molar-refractivity contribution < 1.29 is 14.3 Å². The van der Waals surface area contributed by atoms with Crippen molar-refractivity contribution in [3.63, 3.8) is 0 Å². The van der Waals surface area contributed by atoms with E-state index in [1.54, 1.807) is 18.2 Å². The number of H-pyrrole nitrogens is 1. The molecule has 0 saturated carbocycles. The predicted octanol–water partition coefficient (Wildman–Crippen LogP) is 2.61. The second-order valence-corrected chi connectivity index (χ2v) is 9.80. The first-order chi connectivity index (χ1) is 16.3. The number of carbonyl (C=O) groups is 2. The monoisotopic (exact) mass is 527 g/mol. The van der Waals surface area contributed by atoms with Gasteiger partial charge in [0.05, 0.1) is 16.6 Å². The molecule has 0 radical (unpaired) electrons. The van der Waals surface area contributed by atoms with Crippen LogP contribution in [-0.4, -0.2) is 53.0 Å². The van der Waals surface area contributed by atoms with Crippen molar-refractivity contribution in [2.75, 3.05) is 37.4 Å². The fourth-order valence-electron chi connectivity index (χ4n) is 3.31. The van der Waals surface area contributed by atoms with Gasteiger partial charge in [0.25, 0.3) is 11.5 Å². The molecule has 0 spiro atoms. The summed E-state index contributed by atoms with van der Waals surface area (Å²) in [5.74, 6) is -0.958. The SMILES string of the molecule is CC(C)CN(C(=O)CN(C)C(=O)COc1c(Cl)cccc1Cl)c1c(N)n(CC(C)C)c(=O)[nH]c1=O. The Bertz CT molecular complexity index is 1170. The van der Waals surface area contributed by atoms with Crippen LogP contribution in [0.2, 0.25) is 10.0 Å². The van der Waals surface area contributed by atoms with E-state index in [1.807, 2.05) is 27.7 Å². The van der Waals surface area contributed by atoms with Crippen molar-refractivity contribution in [3.05, 3.63) is 49.1 Å². The lowest BCUT2D eigenvalue weighted by molar-refractivity contribution is -0.135. The van der Waals surface area contributed by atoms with Crippen LogP contribution in [0.4, 0.5) is 11.5 Å². The number of nitrogens with zero attached hydrogens (tertiary/aromatic N) is 3. The maximum atomic E-state index is 13.3. The van der Waals surface area contributed by atoms with E-state index in [0.717, 1.165) is 4.90 Å². The van der Waals surface area contributed by atoms with Crippen molar-refractivity contribution in [2.45, 2.75) is 34.2 Å². The highest BCUT2D eigenvalue weighted by atomic mass is 35.5. The van der Waals surface area contributed by atoms with Crippen LogP contribution in [0.3, 0.4) is 0 Å². The fraction of sp³-hybridized carbons (Fsp3) is 0.478. The maximum absolute atomic E-state index is 13.3. The highest BCUT2D eigenvalue weighted by Gasteiger charge is 2.27. The van der Waals surface area contributed by atoms with Crippen LogP contribution < -0.4 is 26.6 Å². The van der Waals surface area contributed by atoms with Gasteiger partial charge >= 0.3 is 5.69 Å². The molecule has 2 rings (SSSR count). The zero-order valence-electron chi connectivity index (χ0n) is 20.4. The summed E-state index contributed by atoms with van der Waals surface area (Å²) < 4.78 is 6.69. The molecule has 1 aromatic carbocycles. The lowest BCUT2D eigenvalue weighted by Crippen LogP contribution is -2.47. The number of anilines is 2. The lowest BCUT2D eigenvalue weighted by Gasteiger charge is -2.28. The van der Waals surface area contributed by atoms with Crippen LogP contribution in [-0.2, 0) is 16.1 Å². The minimum absolute atomic E-state index is 0.0325. The van der Waals surface area contributed by atoms with Gasteiger partial charge in [0.2, 0.25) is 5.91 Å². The van der Waals surface area contributed by atoms with E-state index in [2.05, 4.69) is 4.98 Å². The highest BCUT2D eigenvalue weighted by molar-refractivity contribution is 6.37. The molecular weight excluding hydrogens is 497 g/mol. The number of hydrogen-bond acceptors (Lipinski definition) is 6. The predicted molar refractivity (Wildman–Crippen MR) is 137 cm³/mol. The summed E-state index contributed by atoms with van der Waals surface area (Å²) in [7, 11) is 1.43. The first-order valence-electron chi connectivity index (χ1n) is 11.1. The van der Waals surface area contributed by atoms with E-state index in [0.29, 0.717) is 0 Å². The third kappa shape index (κ3) is 7.25. The zero-order valence-corrected chi connectivity index (χ0v) is 21.9. The number of amides is 2. The summed E-state index contributed by atoms with van der Waals surface area (Å²) in [5, 5.41) is 0.497. The Kier molecular flexibility index (Phi) is 9.79. The molecule has 0 saturated heterocycles. The smallest absolute Gasteiger partial charge is 0.330 e. The number of ether oxygens (including phenoxy) is 1. The van der Waals surface area contributed by atoms with Crippen molar-refractivity contribution in [1.29, 1.82) is 0 Å². The standard InChI is InChI=1S/C23H31Cl2N5O5/c1-13(2)9-29(19-21(26)30(10-14(3)4)23(34)27-22(19)33)17(31)11-28(5)18(32)12-35-20-15(24)7-6-8-16(20)25/h6-8,13-14H,9-12,26H2,1-5H3,(H,27,33,34). The van der Waals surface area contributed by atoms with Gasteiger partial charge in [0, 0.05) is 20.1 Å². The number of nitrogens with two attached hydrogens (primary N) is 1. The Morgan fingerprint density at radius 2 is 1.69 bits per heavy atom. The molecule has 10 nitrogen and oxygen atoms in total. The number of para-hydroxylation sites is 1. The van der Waals surface area contributed by atoms with Crippen molar-refractivity contribution in [1.82, 2.24) is 14.5 Å². The van der Waals surface area contributed by atoms with Gasteiger partial charge in [-0.05, 0) is 24.0 Å². The van der Waals surface area contributed by atoms with Gasteiger partial charge in [-0.25, -0.2) is 4.79 Å². The Morgan fingerprint density at radius 3 is 2.23 bits per heavy atom. The molecule has 0 fully saturated rings. The molecule has 192 valence electrons. The molecule has 2 amide bonds. The Balaban J connectivity index is 2.27. The van der Waals surface area contributed by atoms with Crippen LogP contribution in [0.5, 0.6) is 5.75 Å². The van der Waals surface area contributed by atoms with Gasteiger partial charge in [0.1, 0.15) is 5.82 Å². The number of nitrogen functional groups attached to an aromatic ring is 1. The van der Waals surface area contributed by atoms with Crippen LogP contribution in [0.1, 0.15) is 27.7 Å². The van der Waals surface area contributed by atoms with E-state index in [-0.39, 0.29) is 58.8 Å². The molecule has 0 bridgehead atoms. The molecule has 12 heteroatoms. The second-order valence-electron chi connectivity index (χ2n) is 8.99. The maximum Gasteiger partial charge on any atom is 0.330 e. The summed E-state index contributed by atoms with van der Waals surface area (Å²) in [5.41, 5.74) is 4.66. The number of benzene rings is 1. The lowest BCUT2D eigenvalue weighted by atomic mass is 10.2. The quantitative estimate of drug-likeness (QED) is 0.488. The molecule has 3 N–H and O–H groups in total. The number of nitrogens with one attached hydrogen (secondary N) is 1. The van der Waals surface area contributed by atoms with Crippen molar-refractivity contribution in [2.24, 2.45) is 11.8 Å². The van der Waals surface area contributed by atoms with Gasteiger partial charge in [0.15, 0.2) is 18.0 Å². The minimum atomic E-state index is -0.771. The van der Waals surface area contributed by atoms with E-state index in [9.17, 15) is 19.2 Å². The summed E-state index contributed by atoms with van der Waals surface area (Å²) in [6.07, 6.45) is 0. The average molecular weight is 528 g/mol. The molecule has 0 unspecified atom stereocenters. The Labute approximate surface area is 213 Å². The number of hydrogen-bond donors (Lipinski definition) is 2. The first kappa shape index (κ1) is 28.3. The molecule has 35 heavy (non-hydrogen) atoms. The first-order valence-corrected chi connectivity index (χ1v) is 11.8. The van der Waals surface area contributed by atoms with Crippen LogP contribution in [0.25, 0.3) is 0 Å². The molecule has 0 atom stereocenters. The molecule has 0 aliphatic rings. The molecular formula is C23H31Cl2N5O5. The van der Waals surface area contributed by atoms with E-state index < -0.39 is 29.7 Å². The van der Waals surface area contributed by atoms with E-state index >= 15 is 0 Å². The molecule has 0 aliphatic carbocycles. The topological polar surface area (TPSA) is 131 Å². The highest BCUT2D eigenvalue weighted by Crippen LogP contribution is 2.32. The normalized spacial score (nSPS) is 11.1. The van der Waals surface area contributed by atoms with Crippen molar-refractivity contribution >= 4 is 46.5 Å². The number of likely N-dealkylation sites (N-methyl/N-ethyl adjacent to an activating group) is 1. The summed E-state index contributed by atoms with van der Waals surface area (Å²) in [4.78, 5) is 55.5. The van der Waals surface area contributed by atoms with E-state index in [4.69, 9.17) is 33.7 Å². The van der Waals surface area contributed by atoms with Crippen LogP contribution in [0.15, 0.2) is 27.8 Å². The van der Waals surface area contributed by atoms with Gasteiger partial charge in [-0.1, -0.05) is 57.0 Å². The van der Waals surface area contributed by atoms with Crippen LogP contribution in [0, 0.1) is 11.8 Å². The average Bonchev–Trinajstić information content (AvgIpc) is 2.74. The van der Waals surface area contributed by atoms with Gasteiger partial charge < -0.3 is 20.3 Å². The van der Waals surface area contributed by atoms with Crippen LogP contribution >= 0.6 is 23.2 Å². The largest absolute Gasteiger partial charge is 0.481 e. The molecule has 2 aromatic rings. The molecule has 1 aromatic heterocycles. The third-order valence-corrected chi connectivity index (χ3v) is 5.53. The van der Waals surface area contributed by atoms with E-state index in [1.165, 1.54) is 16.5 Å². The Morgan fingerprint density at radius 1 is 1.09 bits per heavy atom. The fourth-order valence-corrected chi connectivity index (χ4v) is 3.82. The molecule has 0 aliphatic heterocycles.